The van der Waals surface area contributed by atoms with Gasteiger partial charge in [0, 0.05) is 6.04 Å². The van der Waals surface area contributed by atoms with E-state index in [0.29, 0.717) is 6.04 Å². The fraction of sp³-hybridized carbons (Fsp3) is 0.647. The Bertz CT molecular complexity index is 423. The van der Waals surface area contributed by atoms with Gasteiger partial charge in [-0.1, -0.05) is 50.3 Å². The Kier molecular flexibility index (Phi) is 4.19. The molecule has 2 aliphatic rings. The number of benzene rings is 1. The highest BCUT2D eigenvalue weighted by molar-refractivity contribution is 5.34. The van der Waals surface area contributed by atoms with Crippen molar-refractivity contribution in [3.8, 4) is 0 Å². The third kappa shape index (κ3) is 3.01. The van der Waals surface area contributed by atoms with E-state index in [0.717, 1.165) is 19.1 Å². The fourth-order valence-electron chi connectivity index (χ4n) is 3.59. The molecule has 3 rings (SSSR count). The molecule has 0 radical (unpaired) electrons. The van der Waals surface area contributed by atoms with Crippen LogP contribution in [0.5, 0.6) is 0 Å². The molecule has 1 heterocycles. The van der Waals surface area contributed by atoms with Crippen molar-refractivity contribution in [3.05, 3.63) is 34.9 Å². The zero-order valence-corrected chi connectivity index (χ0v) is 12.0. The Labute approximate surface area is 116 Å². The normalized spacial score (nSPS) is 21.3. The van der Waals surface area contributed by atoms with Crippen LogP contribution in [0.25, 0.3) is 0 Å². The topological polar surface area (TPSA) is 21.3 Å². The largest absolute Gasteiger partial charge is 0.372 e. The maximum Gasteiger partial charge on any atom is 0.0725 e. The lowest BCUT2D eigenvalue weighted by molar-refractivity contribution is 0.134. The molecule has 1 aliphatic carbocycles. The minimum atomic E-state index is 0.508. The van der Waals surface area contributed by atoms with Gasteiger partial charge in [0.2, 0.25) is 0 Å². The summed E-state index contributed by atoms with van der Waals surface area (Å²) in [4.78, 5) is 0. The van der Waals surface area contributed by atoms with Crippen molar-refractivity contribution in [2.24, 2.45) is 5.92 Å². The van der Waals surface area contributed by atoms with Gasteiger partial charge in [0.25, 0.3) is 0 Å². The van der Waals surface area contributed by atoms with E-state index in [4.69, 9.17) is 4.74 Å². The van der Waals surface area contributed by atoms with Gasteiger partial charge >= 0.3 is 0 Å². The minimum Gasteiger partial charge on any atom is -0.372 e. The zero-order valence-electron chi connectivity index (χ0n) is 12.0. The highest BCUT2D eigenvalue weighted by Crippen LogP contribution is 2.33. The minimum absolute atomic E-state index is 0.508. The molecule has 0 aromatic heterocycles. The van der Waals surface area contributed by atoms with E-state index in [1.165, 1.54) is 55.2 Å². The van der Waals surface area contributed by atoms with Crippen molar-refractivity contribution >= 4 is 0 Å². The van der Waals surface area contributed by atoms with E-state index in [9.17, 15) is 0 Å². The Morgan fingerprint density at radius 1 is 1.16 bits per heavy atom. The molecular weight excluding hydrogens is 234 g/mol. The lowest BCUT2D eigenvalue weighted by atomic mass is 9.83. The molecule has 1 unspecified atom stereocenters. The lowest BCUT2D eigenvalue weighted by Crippen LogP contribution is -2.21. The molecule has 1 N–H and O–H groups in total. The maximum absolute atomic E-state index is 5.51. The van der Waals surface area contributed by atoms with Crippen molar-refractivity contribution in [2.45, 2.75) is 57.8 Å². The summed E-state index contributed by atoms with van der Waals surface area (Å²) in [6, 6.07) is 7.40. The quantitative estimate of drug-likeness (QED) is 0.884. The van der Waals surface area contributed by atoms with Gasteiger partial charge in [0.15, 0.2) is 0 Å². The van der Waals surface area contributed by atoms with Crippen molar-refractivity contribution in [3.63, 3.8) is 0 Å². The summed E-state index contributed by atoms with van der Waals surface area (Å²) in [6.45, 7) is 1.59. The molecule has 1 aromatic carbocycles. The van der Waals surface area contributed by atoms with Crippen LogP contribution in [0.2, 0.25) is 0 Å². The first-order valence-electron chi connectivity index (χ1n) is 7.73. The molecular formula is C17H25NO. The number of hydrogen-bond acceptors (Lipinski definition) is 2. The molecule has 1 aliphatic heterocycles. The number of ether oxygens (including phenoxy) is 1. The van der Waals surface area contributed by atoms with Gasteiger partial charge in [0.1, 0.15) is 0 Å². The lowest BCUT2D eigenvalue weighted by Gasteiger charge is -2.27. The van der Waals surface area contributed by atoms with Crippen LogP contribution in [0.4, 0.5) is 0 Å². The van der Waals surface area contributed by atoms with E-state index in [1.807, 2.05) is 0 Å². The number of hydrogen-bond donors (Lipinski definition) is 1. The summed E-state index contributed by atoms with van der Waals surface area (Å²) in [5.74, 6) is 0.913. The Morgan fingerprint density at radius 3 is 2.74 bits per heavy atom. The highest BCUT2D eigenvalue weighted by Gasteiger charge is 2.20. The molecule has 1 saturated carbocycles. The van der Waals surface area contributed by atoms with Gasteiger partial charge < -0.3 is 10.1 Å². The van der Waals surface area contributed by atoms with Crippen molar-refractivity contribution < 1.29 is 4.74 Å². The third-order valence-corrected chi connectivity index (χ3v) is 4.79. The molecule has 104 valence electrons. The average Bonchev–Trinajstić information content (AvgIpc) is 2.93. The van der Waals surface area contributed by atoms with Crippen molar-refractivity contribution in [2.75, 3.05) is 7.05 Å². The second kappa shape index (κ2) is 6.06. The van der Waals surface area contributed by atoms with Crippen LogP contribution < -0.4 is 5.32 Å². The molecule has 0 amide bonds. The van der Waals surface area contributed by atoms with E-state index in [1.54, 1.807) is 0 Å². The van der Waals surface area contributed by atoms with Gasteiger partial charge in [-0.3, -0.25) is 0 Å². The summed E-state index contributed by atoms with van der Waals surface area (Å²) in [5.41, 5.74) is 4.20. The van der Waals surface area contributed by atoms with Gasteiger partial charge in [0.05, 0.1) is 13.2 Å². The first-order chi connectivity index (χ1) is 9.36. The van der Waals surface area contributed by atoms with Gasteiger partial charge in [-0.05, 0) is 36.1 Å². The van der Waals surface area contributed by atoms with E-state index >= 15 is 0 Å². The molecule has 1 aromatic rings. The van der Waals surface area contributed by atoms with Crippen LogP contribution >= 0.6 is 0 Å². The predicted octanol–water partition coefficient (Wildman–Crippen LogP) is 3.95. The number of nitrogens with one attached hydrogen (secondary N) is 1. The van der Waals surface area contributed by atoms with Gasteiger partial charge in [-0.15, -0.1) is 0 Å². The molecule has 19 heavy (non-hydrogen) atoms. The maximum atomic E-state index is 5.51. The monoisotopic (exact) mass is 259 g/mol. The average molecular weight is 259 g/mol. The number of fused-ring (bicyclic) bond motifs is 1. The van der Waals surface area contributed by atoms with Crippen LogP contribution in [-0.2, 0) is 18.0 Å². The standard InChI is InChI=1S/C17H25NO/c1-18-17(9-13-5-3-2-4-6-13)14-7-8-15-11-19-12-16(15)10-14/h7-8,10,13,17-18H,2-6,9,11-12H2,1H3. The van der Waals surface area contributed by atoms with E-state index in [2.05, 4.69) is 30.6 Å². The molecule has 1 fully saturated rings. The highest BCUT2D eigenvalue weighted by atomic mass is 16.5. The summed E-state index contributed by atoms with van der Waals surface area (Å²) >= 11 is 0. The molecule has 0 spiro atoms. The summed E-state index contributed by atoms with van der Waals surface area (Å²) in [7, 11) is 2.09. The van der Waals surface area contributed by atoms with Crippen molar-refractivity contribution in [1.82, 2.24) is 5.32 Å². The Morgan fingerprint density at radius 2 is 1.95 bits per heavy atom. The molecule has 2 heteroatoms. The Balaban J connectivity index is 1.70. The summed E-state index contributed by atoms with van der Waals surface area (Å²) in [6.07, 6.45) is 8.43. The predicted molar refractivity (Wildman–Crippen MR) is 77.9 cm³/mol. The molecule has 0 bridgehead atoms. The Hall–Kier alpha value is -0.860. The third-order valence-electron chi connectivity index (χ3n) is 4.79. The zero-order chi connectivity index (χ0) is 13.1. The molecule has 1 atom stereocenters. The first kappa shape index (κ1) is 13.1. The molecule has 2 nitrogen and oxygen atoms in total. The van der Waals surface area contributed by atoms with E-state index < -0.39 is 0 Å². The van der Waals surface area contributed by atoms with E-state index in [-0.39, 0.29) is 0 Å². The van der Waals surface area contributed by atoms with Crippen molar-refractivity contribution in [1.29, 1.82) is 0 Å². The van der Waals surface area contributed by atoms with Gasteiger partial charge in [-0.2, -0.15) is 0 Å². The van der Waals surface area contributed by atoms with Gasteiger partial charge in [-0.25, -0.2) is 0 Å². The SMILES string of the molecule is CNC(CC1CCCCC1)c1ccc2c(c1)COC2. The summed E-state index contributed by atoms with van der Waals surface area (Å²) in [5, 5.41) is 3.52. The second-order valence-electron chi connectivity index (χ2n) is 6.10. The van der Waals surface area contributed by atoms with Crippen LogP contribution in [0.1, 0.15) is 61.3 Å². The summed E-state index contributed by atoms with van der Waals surface area (Å²) < 4.78 is 5.51. The van der Waals surface area contributed by atoms with Crippen LogP contribution in [-0.4, -0.2) is 7.05 Å². The first-order valence-corrected chi connectivity index (χ1v) is 7.73. The van der Waals surface area contributed by atoms with Crippen LogP contribution in [0.3, 0.4) is 0 Å². The smallest absolute Gasteiger partial charge is 0.0725 e. The van der Waals surface area contributed by atoms with Crippen LogP contribution in [0, 0.1) is 5.92 Å². The number of rotatable bonds is 4. The fourth-order valence-corrected chi connectivity index (χ4v) is 3.59. The second-order valence-corrected chi connectivity index (χ2v) is 6.10. The molecule has 0 saturated heterocycles. The van der Waals surface area contributed by atoms with Crippen LogP contribution in [0.15, 0.2) is 18.2 Å².